The molecule has 1 fully saturated rings. The van der Waals surface area contributed by atoms with E-state index in [0.717, 1.165) is 18.2 Å². The van der Waals surface area contributed by atoms with E-state index in [0.29, 0.717) is 0 Å². The molecule has 0 amide bonds. The standard InChI is InChI=1S/C11H8F2O4/c12-11(13)16-7-2-1-6(5-8(7)17-11)10(3-4-10)9(14)15/h1-2,5H,3-4H2,(H,14,15)/i3D2,4D2. The van der Waals surface area contributed by atoms with Gasteiger partial charge in [-0.05, 0) is 30.4 Å². The van der Waals surface area contributed by atoms with Gasteiger partial charge in [-0.25, -0.2) is 0 Å². The summed E-state index contributed by atoms with van der Waals surface area (Å²) in [5.74, 6) is -2.51. The molecule has 1 aromatic rings. The summed E-state index contributed by atoms with van der Waals surface area (Å²) in [5, 5.41) is 9.28. The number of carboxylic acid groups (broad SMARTS) is 1. The number of carbonyl (C=O) groups is 1. The molecule has 17 heavy (non-hydrogen) atoms. The first-order valence-electron chi connectivity index (χ1n) is 6.61. The van der Waals surface area contributed by atoms with Crippen molar-refractivity contribution in [2.75, 3.05) is 0 Å². The smallest absolute Gasteiger partial charge is 0.481 e. The highest BCUT2D eigenvalue weighted by molar-refractivity contribution is 5.85. The summed E-state index contributed by atoms with van der Waals surface area (Å²) in [6.07, 6.45) is -9.25. The van der Waals surface area contributed by atoms with Crippen LogP contribution in [0.15, 0.2) is 18.2 Å². The number of fused-ring (bicyclic) bond motifs is 1. The van der Waals surface area contributed by atoms with Crippen LogP contribution in [0, 0.1) is 0 Å². The lowest BCUT2D eigenvalue weighted by atomic mass is 9.96. The average Bonchev–Trinajstić information content (AvgIpc) is 2.57. The molecule has 1 aromatic carbocycles. The van der Waals surface area contributed by atoms with Gasteiger partial charge in [0.1, 0.15) is 0 Å². The Balaban J connectivity index is 2.13. The Bertz CT molecular complexity index is 648. The SMILES string of the molecule is [2H]C1([2H])C([2H])([2H])C1(C(=O)O)c1ccc2c(c1)OC(F)(F)O2. The van der Waals surface area contributed by atoms with Gasteiger partial charge in [0.2, 0.25) is 0 Å². The summed E-state index contributed by atoms with van der Waals surface area (Å²) in [6, 6.07) is 2.91. The van der Waals surface area contributed by atoms with E-state index in [1.807, 2.05) is 0 Å². The lowest BCUT2D eigenvalue weighted by Crippen LogP contribution is -2.26. The summed E-state index contributed by atoms with van der Waals surface area (Å²) >= 11 is 0. The third kappa shape index (κ3) is 1.44. The zero-order chi connectivity index (χ0) is 15.8. The van der Waals surface area contributed by atoms with E-state index < -0.39 is 36.2 Å². The molecule has 0 spiro atoms. The monoisotopic (exact) mass is 246 g/mol. The Morgan fingerprint density at radius 3 is 2.59 bits per heavy atom. The predicted octanol–water partition coefficient (Wildman–Crippen LogP) is 2.12. The molecule has 0 unspecified atom stereocenters. The third-order valence-corrected chi connectivity index (χ3v) is 2.53. The van der Waals surface area contributed by atoms with Crippen molar-refractivity contribution in [2.45, 2.75) is 24.5 Å². The Morgan fingerprint density at radius 1 is 1.35 bits per heavy atom. The van der Waals surface area contributed by atoms with Crippen molar-refractivity contribution in [1.82, 2.24) is 0 Å². The highest BCUT2D eigenvalue weighted by Gasteiger charge is 2.53. The molecule has 1 saturated carbocycles. The van der Waals surface area contributed by atoms with Gasteiger partial charge in [-0.1, -0.05) is 6.07 Å². The highest BCUT2D eigenvalue weighted by Crippen LogP contribution is 2.51. The van der Waals surface area contributed by atoms with Crippen LogP contribution >= 0.6 is 0 Å². The Labute approximate surface area is 100 Å². The molecular formula is C11H8F2O4. The summed E-state index contributed by atoms with van der Waals surface area (Å²) < 4.78 is 64.6. The lowest BCUT2D eigenvalue weighted by molar-refractivity contribution is -0.286. The maximum absolute atomic E-state index is 12.9. The summed E-state index contributed by atoms with van der Waals surface area (Å²) in [4.78, 5) is 11.4. The van der Waals surface area contributed by atoms with Gasteiger partial charge in [0.05, 0.1) is 5.41 Å². The Morgan fingerprint density at radius 2 is 2.00 bits per heavy atom. The van der Waals surface area contributed by atoms with Gasteiger partial charge in [0.25, 0.3) is 0 Å². The molecule has 6 heteroatoms. The predicted molar refractivity (Wildman–Crippen MR) is 51.2 cm³/mol. The van der Waals surface area contributed by atoms with Crippen molar-refractivity contribution >= 4 is 5.97 Å². The molecule has 0 atom stereocenters. The Kier molecular flexibility index (Phi) is 1.15. The van der Waals surface area contributed by atoms with Crippen LogP contribution in [-0.4, -0.2) is 17.4 Å². The quantitative estimate of drug-likeness (QED) is 0.868. The van der Waals surface area contributed by atoms with E-state index in [1.165, 1.54) is 0 Å². The molecule has 0 radical (unpaired) electrons. The maximum Gasteiger partial charge on any atom is 0.586 e. The number of aliphatic carboxylic acids is 1. The lowest BCUT2D eigenvalue weighted by Gasteiger charge is -2.10. The van der Waals surface area contributed by atoms with Gasteiger partial charge in [-0.15, -0.1) is 8.78 Å². The normalized spacial score (nSPS) is 31.6. The van der Waals surface area contributed by atoms with Crippen LogP contribution < -0.4 is 9.47 Å². The maximum atomic E-state index is 12.9. The number of benzene rings is 1. The molecule has 0 bridgehead atoms. The van der Waals surface area contributed by atoms with Crippen molar-refractivity contribution in [3.05, 3.63) is 23.8 Å². The van der Waals surface area contributed by atoms with Crippen molar-refractivity contribution in [3.8, 4) is 11.5 Å². The van der Waals surface area contributed by atoms with E-state index >= 15 is 0 Å². The zero-order valence-corrected chi connectivity index (χ0v) is 8.16. The van der Waals surface area contributed by atoms with Crippen molar-refractivity contribution in [3.63, 3.8) is 0 Å². The minimum atomic E-state index is -3.89. The molecule has 1 aliphatic carbocycles. The van der Waals surface area contributed by atoms with Gasteiger partial charge in [0.15, 0.2) is 11.5 Å². The molecule has 90 valence electrons. The van der Waals surface area contributed by atoms with Crippen molar-refractivity contribution in [1.29, 1.82) is 0 Å². The molecule has 0 aromatic heterocycles. The first kappa shape index (κ1) is 6.78. The van der Waals surface area contributed by atoms with Crippen LogP contribution in [0.25, 0.3) is 0 Å². The van der Waals surface area contributed by atoms with Crippen molar-refractivity contribution in [2.24, 2.45) is 0 Å². The number of hydrogen-bond donors (Lipinski definition) is 1. The largest absolute Gasteiger partial charge is 0.586 e. The fraction of sp³-hybridized carbons (Fsp3) is 0.364. The second kappa shape index (κ2) is 2.88. The number of carboxylic acids is 1. The van der Waals surface area contributed by atoms with E-state index in [-0.39, 0.29) is 11.3 Å². The number of alkyl halides is 2. The average molecular weight is 246 g/mol. The first-order valence-corrected chi connectivity index (χ1v) is 4.61. The molecule has 1 N–H and O–H groups in total. The first-order chi connectivity index (χ1) is 9.47. The van der Waals surface area contributed by atoms with Gasteiger partial charge in [0, 0.05) is 5.48 Å². The van der Waals surface area contributed by atoms with Crippen LogP contribution in [0.3, 0.4) is 0 Å². The van der Waals surface area contributed by atoms with Gasteiger partial charge in [-0.3, -0.25) is 4.79 Å². The second-order valence-electron chi connectivity index (χ2n) is 3.63. The molecule has 2 aliphatic rings. The molecule has 1 aliphatic heterocycles. The van der Waals surface area contributed by atoms with Crippen LogP contribution in [0.5, 0.6) is 11.5 Å². The van der Waals surface area contributed by atoms with E-state index in [9.17, 15) is 18.7 Å². The number of rotatable bonds is 2. The number of hydrogen-bond acceptors (Lipinski definition) is 3. The number of halogens is 2. The van der Waals surface area contributed by atoms with Crippen LogP contribution in [0.1, 0.15) is 23.8 Å². The van der Waals surface area contributed by atoms with Crippen molar-refractivity contribution < 1.29 is 33.6 Å². The second-order valence-corrected chi connectivity index (χ2v) is 3.63. The van der Waals surface area contributed by atoms with Crippen LogP contribution in [-0.2, 0) is 10.2 Å². The van der Waals surface area contributed by atoms with E-state index in [4.69, 9.17) is 5.48 Å². The van der Waals surface area contributed by atoms with Crippen LogP contribution in [0.4, 0.5) is 8.78 Å². The van der Waals surface area contributed by atoms with E-state index in [2.05, 4.69) is 9.47 Å². The molecule has 1 heterocycles. The molecule has 3 rings (SSSR count). The minimum absolute atomic E-state index is 0.301. The highest BCUT2D eigenvalue weighted by atomic mass is 19.3. The topological polar surface area (TPSA) is 55.8 Å². The Hall–Kier alpha value is -1.85. The summed E-state index contributed by atoms with van der Waals surface area (Å²) in [6.45, 7) is 0. The summed E-state index contributed by atoms with van der Waals surface area (Å²) in [5.41, 5.74) is -2.78. The molecular weight excluding hydrogens is 234 g/mol. The zero-order valence-electron chi connectivity index (χ0n) is 12.2. The van der Waals surface area contributed by atoms with Crippen LogP contribution in [0.2, 0.25) is 0 Å². The fourth-order valence-electron chi connectivity index (χ4n) is 1.62. The molecule has 0 saturated heterocycles. The van der Waals surface area contributed by atoms with E-state index in [1.54, 1.807) is 0 Å². The minimum Gasteiger partial charge on any atom is -0.481 e. The van der Waals surface area contributed by atoms with Gasteiger partial charge in [-0.2, -0.15) is 0 Å². The number of ether oxygens (including phenoxy) is 2. The summed E-state index contributed by atoms with van der Waals surface area (Å²) in [7, 11) is 0. The fourth-order valence-corrected chi connectivity index (χ4v) is 1.62. The molecule has 4 nitrogen and oxygen atoms in total. The van der Waals surface area contributed by atoms with Gasteiger partial charge >= 0.3 is 12.3 Å². The third-order valence-electron chi connectivity index (χ3n) is 2.53. The van der Waals surface area contributed by atoms with Gasteiger partial charge < -0.3 is 14.6 Å².